The van der Waals surface area contributed by atoms with Crippen LogP contribution in [0.1, 0.15) is 17.2 Å². The van der Waals surface area contributed by atoms with Gasteiger partial charge in [-0.15, -0.1) is 0 Å². The van der Waals surface area contributed by atoms with Crippen LogP contribution in [0.5, 0.6) is 5.75 Å². The average molecular weight is 199 g/mol. The summed E-state index contributed by atoms with van der Waals surface area (Å²) in [6.45, 7) is 1.49. The lowest BCUT2D eigenvalue weighted by molar-refractivity contribution is 0.264. The summed E-state index contributed by atoms with van der Waals surface area (Å²) in [4.78, 5) is 0. The molecule has 14 heavy (non-hydrogen) atoms. The van der Waals surface area contributed by atoms with Crippen LogP contribution in [0, 0.1) is 12.7 Å². The Labute approximate surface area is 82.3 Å². The van der Waals surface area contributed by atoms with Gasteiger partial charge in [-0.3, -0.25) is 0 Å². The van der Waals surface area contributed by atoms with Crippen LogP contribution in [0.3, 0.4) is 0 Å². The first-order valence-corrected chi connectivity index (χ1v) is 4.30. The molecule has 78 valence electrons. The largest absolute Gasteiger partial charge is 0.496 e. The SMILES string of the molecule is COc1c(C)cc(F)cc1C(N)CO. The standard InChI is InChI=1S/C10H14FNO2/c1-6-3-7(11)4-8(9(12)5-13)10(6)14-2/h3-4,9,13H,5,12H2,1-2H3. The van der Waals surface area contributed by atoms with Crippen LogP contribution in [0.15, 0.2) is 12.1 Å². The minimum absolute atomic E-state index is 0.237. The van der Waals surface area contributed by atoms with Crippen LogP contribution in [0.2, 0.25) is 0 Å². The van der Waals surface area contributed by atoms with Gasteiger partial charge in [0.1, 0.15) is 11.6 Å². The minimum Gasteiger partial charge on any atom is -0.496 e. The van der Waals surface area contributed by atoms with Gasteiger partial charge in [0.05, 0.1) is 19.8 Å². The van der Waals surface area contributed by atoms with Gasteiger partial charge < -0.3 is 15.6 Å². The summed E-state index contributed by atoms with van der Waals surface area (Å²) in [5, 5.41) is 8.89. The Hall–Kier alpha value is -1.13. The Balaban J connectivity index is 3.24. The van der Waals surface area contributed by atoms with Gasteiger partial charge in [-0.2, -0.15) is 0 Å². The first kappa shape index (κ1) is 10.9. The fraction of sp³-hybridized carbons (Fsp3) is 0.400. The van der Waals surface area contributed by atoms with E-state index in [9.17, 15) is 4.39 Å². The molecule has 1 atom stereocenters. The zero-order chi connectivity index (χ0) is 10.7. The van der Waals surface area contributed by atoms with Gasteiger partial charge in [0.15, 0.2) is 0 Å². The normalized spacial score (nSPS) is 12.6. The highest BCUT2D eigenvalue weighted by Crippen LogP contribution is 2.28. The molecule has 0 spiro atoms. The van der Waals surface area contributed by atoms with Crippen molar-refractivity contribution >= 4 is 0 Å². The fourth-order valence-electron chi connectivity index (χ4n) is 1.41. The van der Waals surface area contributed by atoms with Crippen molar-refractivity contribution in [3.63, 3.8) is 0 Å². The molecule has 1 aromatic rings. The van der Waals surface area contributed by atoms with Gasteiger partial charge in [-0.25, -0.2) is 4.39 Å². The monoisotopic (exact) mass is 199 g/mol. The fourth-order valence-corrected chi connectivity index (χ4v) is 1.41. The number of nitrogens with two attached hydrogens (primary N) is 1. The number of ether oxygens (including phenoxy) is 1. The van der Waals surface area contributed by atoms with Crippen LogP contribution in [0.4, 0.5) is 4.39 Å². The van der Waals surface area contributed by atoms with Crippen LogP contribution < -0.4 is 10.5 Å². The van der Waals surface area contributed by atoms with Crippen molar-refractivity contribution in [2.75, 3.05) is 13.7 Å². The summed E-state index contributed by atoms with van der Waals surface area (Å²) >= 11 is 0. The molecule has 0 saturated carbocycles. The molecule has 3 N–H and O–H groups in total. The Morgan fingerprint density at radius 3 is 2.71 bits per heavy atom. The summed E-state index contributed by atoms with van der Waals surface area (Å²) in [7, 11) is 1.49. The number of methoxy groups -OCH3 is 1. The molecule has 1 rings (SSSR count). The molecule has 0 amide bonds. The van der Waals surface area contributed by atoms with Gasteiger partial charge in [0, 0.05) is 5.56 Å². The first-order valence-electron chi connectivity index (χ1n) is 4.30. The predicted molar refractivity (Wildman–Crippen MR) is 51.7 cm³/mol. The number of aliphatic hydroxyl groups excluding tert-OH is 1. The highest BCUT2D eigenvalue weighted by Gasteiger charge is 2.14. The predicted octanol–water partition coefficient (Wildman–Crippen LogP) is 1.13. The molecule has 0 fully saturated rings. The van der Waals surface area contributed by atoms with Crippen LogP contribution in [-0.2, 0) is 0 Å². The topological polar surface area (TPSA) is 55.5 Å². The number of benzene rings is 1. The summed E-state index contributed by atoms with van der Waals surface area (Å²) in [5.74, 6) is 0.162. The number of aliphatic hydroxyl groups is 1. The van der Waals surface area contributed by atoms with Gasteiger partial charge in [0.2, 0.25) is 0 Å². The van der Waals surface area contributed by atoms with E-state index >= 15 is 0 Å². The third-order valence-corrected chi connectivity index (χ3v) is 2.07. The molecule has 0 aliphatic heterocycles. The van der Waals surface area contributed by atoms with E-state index < -0.39 is 6.04 Å². The molecule has 0 aliphatic carbocycles. The maximum absolute atomic E-state index is 13.0. The maximum atomic E-state index is 13.0. The molecule has 0 bridgehead atoms. The zero-order valence-electron chi connectivity index (χ0n) is 8.25. The number of halogens is 1. The minimum atomic E-state index is -0.612. The highest BCUT2D eigenvalue weighted by molar-refractivity contribution is 5.43. The number of hydrogen-bond acceptors (Lipinski definition) is 3. The second-order valence-electron chi connectivity index (χ2n) is 3.13. The van der Waals surface area contributed by atoms with Crippen molar-refractivity contribution in [2.24, 2.45) is 5.73 Å². The molecule has 1 aromatic carbocycles. The van der Waals surface area contributed by atoms with Crippen LogP contribution >= 0.6 is 0 Å². The van der Waals surface area contributed by atoms with Crippen molar-refractivity contribution in [1.82, 2.24) is 0 Å². The molecule has 0 radical (unpaired) electrons. The van der Waals surface area contributed by atoms with Crippen molar-refractivity contribution in [3.05, 3.63) is 29.1 Å². The van der Waals surface area contributed by atoms with Crippen molar-refractivity contribution < 1.29 is 14.2 Å². The van der Waals surface area contributed by atoms with E-state index in [1.807, 2.05) is 0 Å². The summed E-state index contributed by atoms with van der Waals surface area (Å²) < 4.78 is 18.1. The average Bonchev–Trinajstić information content (AvgIpc) is 2.15. The second-order valence-corrected chi connectivity index (χ2v) is 3.13. The molecule has 0 aliphatic rings. The van der Waals surface area contributed by atoms with E-state index in [2.05, 4.69) is 0 Å². The summed E-state index contributed by atoms with van der Waals surface area (Å²) in [5.41, 5.74) is 6.78. The molecular formula is C10H14FNO2. The highest BCUT2D eigenvalue weighted by atomic mass is 19.1. The Morgan fingerprint density at radius 1 is 1.57 bits per heavy atom. The third kappa shape index (κ3) is 2.02. The lowest BCUT2D eigenvalue weighted by Crippen LogP contribution is -2.16. The molecule has 4 heteroatoms. The number of rotatable bonds is 3. The van der Waals surface area contributed by atoms with Crippen molar-refractivity contribution in [3.8, 4) is 5.75 Å². The van der Waals surface area contributed by atoms with E-state index in [0.29, 0.717) is 16.9 Å². The van der Waals surface area contributed by atoms with Gasteiger partial charge in [-0.05, 0) is 24.6 Å². The Kier molecular flexibility index (Phi) is 3.43. The smallest absolute Gasteiger partial charge is 0.126 e. The molecule has 0 saturated heterocycles. The molecule has 0 aromatic heterocycles. The number of aryl methyl sites for hydroxylation is 1. The van der Waals surface area contributed by atoms with E-state index in [-0.39, 0.29) is 12.4 Å². The lowest BCUT2D eigenvalue weighted by atomic mass is 10.0. The quantitative estimate of drug-likeness (QED) is 0.767. The molecular weight excluding hydrogens is 185 g/mol. The van der Waals surface area contributed by atoms with E-state index in [0.717, 1.165) is 0 Å². The number of hydrogen-bond donors (Lipinski definition) is 2. The maximum Gasteiger partial charge on any atom is 0.126 e. The first-order chi connectivity index (χ1) is 6.60. The van der Waals surface area contributed by atoms with Crippen molar-refractivity contribution in [1.29, 1.82) is 0 Å². The van der Waals surface area contributed by atoms with Gasteiger partial charge in [-0.1, -0.05) is 0 Å². The molecule has 3 nitrogen and oxygen atoms in total. The van der Waals surface area contributed by atoms with E-state index in [1.54, 1.807) is 6.92 Å². The third-order valence-electron chi connectivity index (χ3n) is 2.07. The summed E-state index contributed by atoms with van der Waals surface area (Å²) in [6, 6.07) is 2.04. The van der Waals surface area contributed by atoms with E-state index in [1.165, 1.54) is 19.2 Å². The van der Waals surface area contributed by atoms with Gasteiger partial charge >= 0.3 is 0 Å². The molecule has 0 heterocycles. The molecule has 1 unspecified atom stereocenters. The van der Waals surface area contributed by atoms with Crippen LogP contribution in [-0.4, -0.2) is 18.8 Å². The Bertz CT molecular complexity index is 328. The van der Waals surface area contributed by atoms with E-state index in [4.69, 9.17) is 15.6 Å². The second kappa shape index (κ2) is 4.39. The van der Waals surface area contributed by atoms with Crippen LogP contribution in [0.25, 0.3) is 0 Å². The summed E-state index contributed by atoms with van der Waals surface area (Å²) in [6.07, 6.45) is 0. The van der Waals surface area contributed by atoms with Gasteiger partial charge in [0.25, 0.3) is 0 Å². The zero-order valence-corrected chi connectivity index (χ0v) is 8.25. The Morgan fingerprint density at radius 2 is 2.21 bits per heavy atom. The lowest BCUT2D eigenvalue weighted by Gasteiger charge is -2.15. The van der Waals surface area contributed by atoms with Crippen molar-refractivity contribution in [2.45, 2.75) is 13.0 Å².